The third-order valence-electron chi connectivity index (χ3n) is 2.78. The van der Waals surface area contributed by atoms with E-state index in [0.29, 0.717) is 15.6 Å². The van der Waals surface area contributed by atoms with Gasteiger partial charge in [0.2, 0.25) is 0 Å². The van der Waals surface area contributed by atoms with Crippen LogP contribution in [0.1, 0.15) is 35.9 Å². The molecule has 0 aliphatic rings. The molecule has 0 radical (unpaired) electrons. The first-order valence-corrected chi connectivity index (χ1v) is 9.34. The zero-order valence-corrected chi connectivity index (χ0v) is 14.0. The smallest absolute Gasteiger partial charge is 0.265 e. The lowest BCUT2D eigenvalue weighted by molar-refractivity contribution is 0.600. The van der Waals surface area contributed by atoms with Gasteiger partial charge in [0.1, 0.15) is 4.90 Å². The van der Waals surface area contributed by atoms with Crippen molar-refractivity contribution in [2.45, 2.75) is 38.1 Å². The van der Waals surface area contributed by atoms with E-state index < -0.39 is 10.0 Å². The highest BCUT2D eigenvalue weighted by molar-refractivity contribution is 7.93. The summed E-state index contributed by atoms with van der Waals surface area (Å²) >= 11 is 2.65. The fourth-order valence-corrected chi connectivity index (χ4v) is 5.58. The molecule has 0 bridgehead atoms. The molecule has 0 unspecified atom stereocenters. The molecular weight excluding hydrogens is 314 g/mol. The maximum absolute atomic E-state index is 12.4. The number of hydrogen-bond acceptors (Lipinski definition) is 6. The average Bonchev–Trinajstić information content (AvgIpc) is 2.95. The molecule has 0 spiro atoms. The Morgan fingerprint density at radius 2 is 2.05 bits per heavy atom. The van der Waals surface area contributed by atoms with Gasteiger partial charge in [-0.3, -0.25) is 4.72 Å². The second-order valence-corrected chi connectivity index (χ2v) is 8.15. The molecule has 3 N–H and O–H groups in total. The molecule has 20 heavy (non-hydrogen) atoms. The maximum atomic E-state index is 12.4. The van der Waals surface area contributed by atoms with Crippen molar-refractivity contribution in [3.8, 4) is 0 Å². The van der Waals surface area contributed by atoms with Crippen LogP contribution in [-0.4, -0.2) is 13.4 Å². The number of anilines is 1. The van der Waals surface area contributed by atoms with Crippen LogP contribution in [0.2, 0.25) is 0 Å². The molecule has 0 amide bonds. The summed E-state index contributed by atoms with van der Waals surface area (Å²) in [5, 5.41) is 4.06. The second-order valence-electron chi connectivity index (χ2n) is 4.71. The third-order valence-corrected chi connectivity index (χ3v) is 6.51. The SMILES string of the molecule is Cc1csc(CN)c1S(=O)(=O)Nc1nc(C(C)C)cs1. The molecule has 8 heteroatoms. The Balaban J connectivity index is 2.33. The fraction of sp³-hybridized carbons (Fsp3) is 0.417. The maximum Gasteiger partial charge on any atom is 0.265 e. The summed E-state index contributed by atoms with van der Waals surface area (Å²) in [6, 6.07) is 0. The minimum Gasteiger partial charge on any atom is -0.326 e. The van der Waals surface area contributed by atoms with Gasteiger partial charge in [-0.05, 0) is 23.8 Å². The molecule has 110 valence electrons. The van der Waals surface area contributed by atoms with Crippen LogP contribution in [-0.2, 0) is 16.6 Å². The van der Waals surface area contributed by atoms with Crippen molar-refractivity contribution in [2.24, 2.45) is 5.73 Å². The number of sulfonamides is 1. The topological polar surface area (TPSA) is 85.1 Å². The van der Waals surface area contributed by atoms with E-state index in [2.05, 4.69) is 9.71 Å². The lowest BCUT2D eigenvalue weighted by atomic mass is 10.2. The fourth-order valence-electron chi connectivity index (χ4n) is 1.75. The number of aryl methyl sites for hydroxylation is 1. The molecule has 0 aliphatic heterocycles. The molecular formula is C12H17N3O2S3. The lowest BCUT2D eigenvalue weighted by Crippen LogP contribution is -2.15. The summed E-state index contributed by atoms with van der Waals surface area (Å²) in [5.41, 5.74) is 7.20. The molecule has 2 rings (SSSR count). The average molecular weight is 331 g/mol. The van der Waals surface area contributed by atoms with Crippen LogP contribution >= 0.6 is 22.7 Å². The van der Waals surface area contributed by atoms with Gasteiger partial charge in [0, 0.05) is 16.8 Å². The number of aromatic nitrogens is 1. The Morgan fingerprint density at radius 1 is 1.35 bits per heavy atom. The summed E-state index contributed by atoms with van der Waals surface area (Å²) in [6.45, 7) is 6.02. The van der Waals surface area contributed by atoms with E-state index in [0.717, 1.165) is 5.69 Å². The van der Waals surface area contributed by atoms with Crippen molar-refractivity contribution in [3.05, 3.63) is 26.9 Å². The third kappa shape index (κ3) is 3.03. The molecule has 0 aliphatic carbocycles. The van der Waals surface area contributed by atoms with Crippen molar-refractivity contribution in [1.29, 1.82) is 0 Å². The Morgan fingerprint density at radius 3 is 2.60 bits per heavy atom. The number of nitrogens with two attached hydrogens (primary N) is 1. The molecule has 0 aromatic carbocycles. The number of thiazole rings is 1. The minimum absolute atomic E-state index is 0.212. The van der Waals surface area contributed by atoms with Crippen LogP contribution < -0.4 is 10.5 Å². The van der Waals surface area contributed by atoms with Crippen LogP contribution in [0.3, 0.4) is 0 Å². The molecule has 2 heterocycles. The predicted molar refractivity (Wildman–Crippen MR) is 84.0 cm³/mol. The molecule has 2 aromatic heterocycles. The van der Waals surface area contributed by atoms with Gasteiger partial charge in [0.15, 0.2) is 5.13 Å². The van der Waals surface area contributed by atoms with Crippen molar-refractivity contribution in [3.63, 3.8) is 0 Å². The molecule has 5 nitrogen and oxygen atoms in total. The van der Waals surface area contributed by atoms with Crippen molar-refractivity contribution >= 4 is 37.8 Å². The van der Waals surface area contributed by atoms with E-state index >= 15 is 0 Å². The highest BCUT2D eigenvalue weighted by atomic mass is 32.2. The molecule has 0 saturated carbocycles. The standard InChI is InChI=1S/C12H17N3O2S3/c1-7(2)9-6-19-12(14-9)15-20(16,17)11-8(3)5-18-10(11)4-13/h5-7H,4,13H2,1-3H3,(H,14,15). The summed E-state index contributed by atoms with van der Waals surface area (Å²) in [4.78, 5) is 5.24. The van der Waals surface area contributed by atoms with Crippen LogP contribution in [0.25, 0.3) is 0 Å². The zero-order valence-electron chi connectivity index (χ0n) is 11.5. The molecule has 0 atom stereocenters. The van der Waals surface area contributed by atoms with Gasteiger partial charge in [-0.1, -0.05) is 13.8 Å². The number of thiophene rings is 1. The first-order valence-electron chi connectivity index (χ1n) is 6.10. The monoisotopic (exact) mass is 331 g/mol. The van der Waals surface area contributed by atoms with Crippen molar-refractivity contribution < 1.29 is 8.42 Å². The van der Waals surface area contributed by atoms with E-state index in [1.165, 1.54) is 22.7 Å². The summed E-state index contributed by atoms with van der Waals surface area (Å²) in [5.74, 6) is 0.270. The van der Waals surface area contributed by atoms with Gasteiger partial charge < -0.3 is 5.73 Å². The second kappa shape index (κ2) is 5.80. The van der Waals surface area contributed by atoms with Gasteiger partial charge in [0.05, 0.1) is 5.69 Å². The number of nitrogens with zero attached hydrogens (tertiary/aromatic N) is 1. The quantitative estimate of drug-likeness (QED) is 0.882. The highest BCUT2D eigenvalue weighted by Gasteiger charge is 2.23. The van der Waals surface area contributed by atoms with E-state index in [1.807, 2.05) is 19.2 Å². The summed E-state index contributed by atoms with van der Waals surface area (Å²) in [7, 11) is -3.63. The number of rotatable bonds is 5. The molecule has 0 fully saturated rings. The predicted octanol–water partition coefficient (Wildman–Crippen LogP) is 2.90. The zero-order chi connectivity index (χ0) is 14.9. The molecule has 0 saturated heterocycles. The van der Waals surface area contributed by atoms with Crippen LogP contribution in [0.15, 0.2) is 15.7 Å². The van der Waals surface area contributed by atoms with Crippen LogP contribution in [0, 0.1) is 6.92 Å². The normalized spacial score (nSPS) is 12.1. The van der Waals surface area contributed by atoms with Gasteiger partial charge in [-0.2, -0.15) is 0 Å². The Bertz CT molecular complexity index is 701. The van der Waals surface area contributed by atoms with Gasteiger partial charge >= 0.3 is 0 Å². The number of hydrogen-bond donors (Lipinski definition) is 2. The first kappa shape index (κ1) is 15.4. The highest BCUT2D eigenvalue weighted by Crippen LogP contribution is 2.29. The van der Waals surface area contributed by atoms with E-state index in [9.17, 15) is 8.42 Å². The Hall–Kier alpha value is -0.960. The Labute approximate surface area is 126 Å². The Kier molecular flexibility index (Phi) is 4.48. The van der Waals surface area contributed by atoms with E-state index in [1.54, 1.807) is 12.3 Å². The van der Waals surface area contributed by atoms with Crippen molar-refractivity contribution in [2.75, 3.05) is 4.72 Å². The summed E-state index contributed by atoms with van der Waals surface area (Å²) in [6.07, 6.45) is 0. The van der Waals surface area contributed by atoms with Gasteiger partial charge in [-0.15, -0.1) is 22.7 Å². The van der Waals surface area contributed by atoms with Crippen molar-refractivity contribution in [1.82, 2.24) is 4.98 Å². The van der Waals surface area contributed by atoms with Crippen LogP contribution in [0.4, 0.5) is 5.13 Å². The summed E-state index contributed by atoms with van der Waals surface area (Å²) < 4.78 is 27.4. The van der Waals surface area contributed by atoms with Crippen LogP contribution in [0.5, 0.6) is 0 Å². The first-order chi connectivity index (χ1) is 9.35. The van der Waals surface area contributed by atoms with Gasteiger partial charge in [-0.25, -0.2) is 13.4 Å². The van der Waals surface area contributed by atoms with E-state index in [4.69, 9.17) is 5.73 Å². The number of nitrogens with one attached hydrogen (secondary N) is 1. The van der Waals surface area contributed by atoms with Gasteiger partial charge in [0.25, 0.3) is 10.0 Å². The van der Waals surface area contributed by atoms with E-state index in [-0.39, 0.29) is 17.4 Å². The lowest BCUT2D eigenvalue weighted by Gasteiger charge is -2.07. The molecule has 2 aromatic rings. The largest absolute Gasteiger partial charge is 0.326 e. The minimum atomic E-state index is -3.63.